The number of rotatable bonds is 6. The van der Waals surface area contributed by atoms with E-state index in [4.69, 9.17) is 10.00 Å². The third kappa shape index (κ3) is 6.34. The van der Waals surface area contributed by atoms with Crippen molar-refractivity contribution < 1.29 is 13.5 Å². The molecule has 0 aliphatic carbocycles. The lowest BCUT2D eigenvalue weighted by atomic mass is 10.1. The summed E-state index contributed by atoms with van der Waals surface area (Å²) in [6.45, 7) is 3.11. The molecule has 5 nitrogen and oxygen atoms in total. The van der Waals surface area contributed by atoms with Gasteiger partial charge in [-0.2, -0.15) is 5.26 Å². The molecule has 0 saturated carbocycles. The summed E-state index contributed by atoms with van der Waals surface area (Å²) in [4.78, 5) is 6.27. The second-order valence-corrected chi connectivity index (χ2v) is 5.91. The van der Waals surface area contributed by atoms with Crippen LogP contribution in [0.15, 0.2) is 41.4 Å². The number of aliphatic imine (C=N–C) groups is 1. The maximum Gasteiger partial charge on any atom is 0.194 e. The van der Waals surface area contributed by atoms with E-state index >= 15 is 0 Å². The highest BCUT2D eigenvalue weighted by Crippen LogP contribution is 2.18. The fraction of sp³-hybridized carbons (Fsp3) is 0.300. The van der Waals surface area contributed by atoms with E-state index in [-0.39, 0.29) is 41.8 Å². The number of nitrogens with one attached hydrogen (secondary N) is 1. The highest BCUT2D eigenvalue weighted by atomic mass is 127. The first-order chi connectivity index (χ1) is 13.0. The number of hydrogen-bond acceptors (Lipinski definition) is 3. The summed E-state index contributed by atoms with van der Waals surface area (Å²) in [6.07, 6.45) is 0. The fourth-order valence-corrected chi connectivity index (χ4v) is 2.53. The van der Waals surface area contributed by atoms with Crippen LogP contribution in [-0.4, -0.2) is 31.6 Å². The van der Waals surface area contributed by atoms with Gasteiger partial charge in [0.15, 0.2) is 17.5 Å². The van der Waals surface area contributed by atoms with Crippen molar-refractivity contribution in [2.45, 2.75) is 20.0 Å². The third-order valence-corrected chi connectivity index (χ3v) is 3.91. The molecule has 8 heteroatoms. The van der Waals surface area contributed by atoms with Crippen molar-refractivity contribution in [2.24, 2.45) is 4.99 Å². The highest BCUT2D eigenvalue weighted by molar-refractivity contribution is 14.0. The van der Waals surface area contributed by atoms with Gasteiger partial charge in [-0.25, -0.2) is 13.8 Å². The number of ether oxygens (including phenoxy) is 1. The van der Waals surface area contributed by atoms with E-state index in [0.717, 1.165) is 5.56 Å². The molecule has 28 heavy (non-hydrogen) atoms. The third-order valence-electron chi connectivity index (χ3n) is 3.91. The van der Waals surface area contributed by atoms with Gasteiger partial charge in [0.2, 0.25) is 0 Å². The van der Waals surface area contributed by atoms with Crippen LogP contribution in [0.3, 0.4) is 0 Å². The molecule has 1 N–H and O–H groups in total. The Hall–Kier alpha value is -2.41. The molecule has 0 heterocycles. The zero-order valence-electron chi connectivity index (χ0n) is 16.0. The minimum absolute atomic E-state index is 0. The number of methoxy groups -OCH3 is 1. The maximum atomic E-state index is 14.0. The van der Waals surface area contributed by atoms with Gasteiger partial charge in [0, 0.05) is 25.7 Å². The Labute approximate surface area is 181 Å². The molecule has 0 spiro atoms. The average Bonchev–Trinajstić information content (AvgIpc) is 2.66. The van der Waals surface area contributed by atoms with E-state index in [0.29, 0.717) is 24.6 Å². The molecule has 0 fully saturated rings. The molecule has 0 amide bonds. The van der Waals surface area contributed by atoms with Crippen LogP contribution in [-0.2, 0) is 13.1 Å². The number of hydrogen-bond donors (Lipinski definition) is 1. The molecular weight excluding hydrogens is 477 g/mol. The van der Waals surface area contributed by atoms with Gasteiger partial charge in [0.05, 0.1) is 25.3 Å². The summed E-state index contributed by atoms with van der Waals surface area (Å²) in [7, 11) is 3.24. The van der Waals surface area contributed by atoms with Gasteiger partial charge in [-0.3, -0.25) is 0 Å². The van der Waals surface area contributed by atoms with E-state index < -0.39 is 11.6 Å². The number of nitrogens with zero attached hydrogens (tertiary/aromatic N) is 3. The van der Waals surface area contributed by atoms with Crippen LogP contribution in [0.2, 0.25) is 0 Å². The van der Waals surface area contributed by atoms with Crippen molar-refractivity contribution in [3.8, 4) is 11.8 Å². The monoisotopic (exact) mass is 500 g/mol. The van der Waals surface area contributed by atoms with Crippen molar-refractivity contribution in [1.82, 2.24) is 10.2 Å². The van der Waals surface area contributed by atoms with Crippen LogP contribution in [0.1, 0.15) is 23.6 Å². The lowest BCUT2D eigenvalue weighted by Crippen LogP contribution is -2.38. The molecule has 0 unspecified atom stereocenters. The van der Waals surface area contributed by atoms with Crippen molar-refractivity contribution >= 4 is 29.9 Å². The summed E-state index contributed by atoms with van der Waals surface area (Å²) in [5.74, 6) is -0.130. The molecule has 0 bridgehead atoms. The van der Waals surface area contributed by atoms with Gasteiger partial charge in [0.25, 0.3) is 0 Å². The van der Waals surface area contributed by atoms with Crippen molar-refractivity contribution in [1.29, 1.82) is 5.26 Å². The van der Waals surface area contributed by atoms with Crippen LogP contribution in [0.25, 0.3) is 0 Å². The minimum atomic E-state index is -0.464. The minimum Gasteiger partial charge on any atom is -0.494 e. The zero-order chi connectivity index (χ0) is 19.8. The Morgan fingerprint density at radius 2 is 1.96 bits per heavy atom. The van der Waals surface area contributed by atoms with Crippen LogP contribution >= 0.6 is 24.0 Å². The van der Waals surface area contributed by atoms with Gasteiger partial charge >= 0.3 is 0 Å². The molecule has 0 atom stereocenters. The molecular formula is C20H23F2IN4O. The standard InChI is InChI=1S/C20H22F2N4O.HI/c1-4-24-20(25-12-16-7-5-14(11-23)9-17(16)21)26(2)13-15-6-8-19(27-3)18(22)10-15;/h5-10H,4,12-13H2,1-3H3,(H,24,25);1H. The van der Waals surface area contributed by atoms with E-state index in [2.05, 4.69) is 10.3 Å². The first-order valence-corrected chi connectivity index (χ1v) is 8.48. The lowest BCUT2D eigenvalue weighted by molar-refractivity contribution is 0.385. The Morgan fingerprint density at radius 3 is 2.54 bits per heavy atom. The Balaban J connectivity index is 0.00000392. The second kappa shape index (κ2) is 11.4. The highest BCUT2D eigenvalue weighted by Gasteiger charge is 2.10. The van der Waals surface area contributed by atoms with Gasteiger partial charge in [-0.05, 0) is 36.8 Å². The summed E-state index contributed by atoms with van der Waals surface area (Å²) < 4.78 is 32.8. The van der Waals surface area contributed by atoms with E-state index in [1.807, 2.05) is 24.9 Å². The van der Waals surface area contributed by atoms with Gasteiger partial charge < -0.3 is 15.0 Å². The smallest absolute Gasteiger partial charge is 0.194 e. The summed E-state index contributed by atoms with van der Waals surface area (Å²) >= 11 is 0. The largest absolute Gasteiger partial charge is 0.494 e. The summed E-state index contributed by atoms with van der Waals surface area (Å²) in [6, 6.07) is 11.0. The van der Waals surface area contributed by atoms with Crippen LogP contribution in [0, 0.1) is 23.0 Å². The van der Waals surface area contributed by atoms with E-state index in [1.165, 1.54) is 19.2 Å². The summed E-state index contributed by atoms with van der Waals surface area (Å²) in [5, 5.41) is 11.9. The normalized spacial score (nSPS) is 10.6. The Kier molecular flexibility index (Phi) is 9.65. The van der Waals surface area contributed by atoms with Gasteiger partial charge in [-0.1, -0.05) is 12.1 Å². The van der Waals surface area contributed by atoms with Crippen LogP contribution in [0.4, 0.5) is 8.78 Å². The maximum absolute atomic E-state index is 14.0. The molecule has 0 aromatic heterocycles. The van der Waals surface area contributed by atoms with Crippen molar-refractivity contribution in [3.05, 3.63) is 64.7 Å². The number of nitriles is 1. The molecule has 0 saturated heterocycles. The number of benzene rings is 2. The van der Waals surface area contributed by atoms with Crippen LogP contribution in [0.5, 0.6) is 5.75 Å². The van der Waals surface area contributed by atoms with Crippen molar-refractivity contribution in [2.75, 3.05) is 20.7 Å². The van der Waals surface area contributed by atoms with Gasteiger partial charge in [0.1, 0.15) is 5.82 Å². The first kappa shape index (κ1) is 23.6. The predicted octanol–water partition coefficient (Wildman–Crippen LogP) is 4.06. The van der Waals surface area contributed by atoms with Gasteiger partial charge in [-0.15, -0.1) is 24.0 Å². The fourth-order valence-electron chi connectivity index (χ4n) is 2.53. The average molecular weight is 500 g/mol. The summed E-state index contributed by atoms with van der Waals surface area (Å²) in [5.41, 5.74) is 1.42. The van der Waals surface area contributed by atoms with Crippen molar-refractivity contribution in [3.63, 3.8) is 0 Å². The zero-order valence-corrected chi connectivity index (χ0v) is 18.3. The second-order valence-electron chi connectivity index (χ2n) is 5.91. The SMILES string of the molecule is CCNC(=NCc1ccc(C#N)cc1F)N(C)Cc1ccc(OC)c(F)c1.I. The van der Waals surface area contributed by atoms with Crippen LogP contribution < -0.4 is 10.1 Å². The predicted molar refractivity (Wildman–Crippen MR) is 116 cm³/mol. The van der Waals surface area contributed by atoms with E-state index in [1.54, 1.807) is 24.3 Å². The lowest BCUT2D eigenvalue weighted by Gasteiger charge is -2.22. The molecule has 2 aromatic carbocycles. The Bertz CT molecular complexity index is 868. The first-order valence-electron chi connectivity index (χ1n) is 8.48. The number of guanidine groups is 1. The molecule has 150 valence electrons. The molecule has 0 aliphatic rings. The molecule has 2 aromatic rings. The Morgan fingerprint density at radius 1 is 1.21 bits per heavy atom. The molecule has 0 radical (unpaired) electrons. The molecule has 2 rings (SSSR count). The quantitative estimate of drug-likeness (QED) is 0.370. The topological polar surface area (TPSA) is 60.7 Å². The van der Waals surface area contributed by atoms with E-state index in [9.17, 15) is 8.78 Å². The molecule has 0 aliphatic heterocycles. The number of halogens is 3.